The summed E-state index contributed by atoms with van der Waals surface area (Å²) in [5.41, 5.74) is 1.09. The number of nitrogens with zero attached hydrogens (tertiary/aromatic N) is 1. The van der Waals surface area contributed by atoms with E-state index in [9.17, 15) is 0 Å². The van der Waals surface area contributed by atoms with Gasteiger partial charge in [0.15, 0.2) is 0 Å². The number of aromatic nitrogens is 1. The van der Waals surface area contributed by atoms with Crippen molar-refractivity contribution in [3.63, 3.8) is 0 Å². The fourth-order valence-electron chi connectivity index (χ4n) is 2.81. The Hall–Kier alpha value is -0.760. The van der Waals surface area contributed by atoms with Crippen LogP contribution in [0.1, 0.15) is 39.5 Å². The molecule has 0 spiro atoms. The zero-order valence-electron chi connectivity index (χ0n) is 10.6. The Bertz CT molecular complexity index is 348. The molecule has 1 saturated carbocycles. The highest BCUT2D eigenvalue weighted by Crippen LogP contribution is 2.32. The quantitative estimate of drug-likeness (QED) is 0.809. The molecule has 1 aromatic rings. The normalized spacial score (nSPS) is 24.9. The third-order valence-corrected chi connectivity index (χ3v) is 3.98. The summed E-state index contributed by atoms with van der Waals surface area (Å²) in [6.07, 6.45) is 7.15. The van der Waals surface area contributed by atoms with Crippen molar-refractivity contribution in [2.75, 3.05) is 5.32 Å². The second kappa shape index (κ2) is 5.72. The lowest BCUT2D eigenvalue weighted by molar-refractivity contribution is 0.254. The molecule has 1 fully saturated rings. The van der Waals surface area contributed by atoms with Crippen molar-refractivity contribution in [3.8, 4) is 0 Å². The van der Waals surface area contributed by atoms with Gasteiger partial charge in [0.05, 0.1) is 11.9 Å². The van der Waals surface area contributed by atoms with E-state index < -0.39 is 0 Å². The first-order valence-electron chi connectivity index (χ1n) is 6.55. The Kier molecular flexibility index (Phi) is 4.27. The topological polar surface area (TPSA) is 24.9 Å². The van der Waals surface area contributed by atoms with E-state index in [4.69, 9.17) is 11.6 Å². The van der Waals surface area contributed by atoms with Gasteiger partial charge in [0, 0.05) is 6.04 Å². The van der Waals surface area contributed by atoms with Crippen LogP contribution in [-0.4, -0.2) is 11.0 Å². The van der Waals surface area contributed by atoms with Crippen molar-refractivity contribution in [1.29, 1.82) is 0 Å². The van der Waals surface area contributed by atoms with Gasteiger partial charge >= 0.3 is 0 Å². The average molecular weight is 253 g/mol. The van der Waals surface area contributed by atoms with Gasteiger partial charge in [-0.2, -0.15) is 0 Å². The summed E-state index contributed by atoms with van der Waals surface area (Å²) in [5.74, 6) is 1.52. The molecule has 1 N–H and O–H groups in total. The molecule has 1 aliphatic rings. The minimum Gasteiger partial charge on any atom is -0.381 e. The maximum atomic E-state index is 5.79. The molecule has 2 unspecified atom stereocenters. The molecule has 94 valence electrons. The third kappa shape index (κ3) is 3.35. The Labute approximate surface area is 109 Å². The van der Waals surface area contributed by atoms with E-state index in [1.165, 1.54) is 25.7 Å². The van der Waals surface area contributed by atoms with Crippen molar-refractivity contribution in [3.05, 3.63) is 23.5 Å². The predicted molar refractivity (Wildman–Crippen MR) is 73.5 cm³/mol. The van der Waals surface area contributed by atoms with Gasteiger partial charge in [-0.05, 0) is 36.8 Å². The van der Waals surface area contributed by atoms with Gasteiger partial charge < -0.3 is 5.32 Å². The van der Waals surface area contributed by atoms with Crippen LogP contribution >= 0.6 is 11.6 Å². The SMILES string of the molecule is CC(C)C1CCCCC1Nc1ccc(Cl)nc1. The van der Waals surface area contributed by atoms with Crippen molar-refractivity contribution in [2.45, 2.75) is 45.6 Å². The van der Waals surface area contributed by atoms with Gasteiger partial charge in [0.2, 0.25) is 0 Å². The van der Waals surface area contributed by atoms with E-state index in [0.717, 1.165) is 17.5 Å². The third-order valence-electron chi connectivity index (χ3n) is 3.76. The first kappa shape index (κ1) is 12.7. The zero-order chi connectivity index (χ0) is 12.3. The van der Waals surface area contributed by atoms with Gasteiger partial charge in [-0.15, -0.1) is 0 Å². The van der Waals surface area contributed by atoms with Crippen LogP contribution in [-0.2, 0) is 0 Å². The summed E-state index contributed by atoms with van der Waals surface area (Å²) in [5, 5.41) is 4.17. The van der Waals surface area contributed by atoms with Crippen LogP contribution < -0.4 is 5.32 Å². The molecule has 0 bridgehead atoms. The van der Waals surface area contributed by atoms with Crippen LogP contribution in [0.15, 0.2) is 18.3 Å². The number of halogens is 1. The molecule has 3 heteroatoms. The minimum atomic E-state index is 0.555. The van der Waals surface area contributed by atoms with E-state index in [2.05, 4.69) is 24.1 Å². The Morgan fingerprint density at radius 3 is 2.71 bits per heavy atom. The molecule has 2 rings (SSSR count). The smallest absolute Gasteiger partial charge is 0.129 e. The van der Waals surface area contributed by atoms with Crippen molar-refractivity contribution >= 4 is 17.3 Å². The molecule has 17 heavy (non-hydrogen) atoms. The minimum absolute atomic E-state index is 0.555. The van der Waals surface area contributed by atoms with E-state index in [-0.39, 0.29) is 0 Å². The highest BCUT2D eigenvalue weighted by atomic mass is 35.5. The van der Waals surface area contributed by atoms with Gasteiger partial charge in [0.25, 0.3) is 0 Å². The number of hydrogen-bond donors (Lipinski definition) is 1. The molecule has 0 amide bonds. The molecule has 2 nitrogen and oxygen atoms in total. The highest BCUT2D eigenvalue weighted by Gasteiger charge is 2.27. The van der Waals surface area contributed by atoms with Gasteiger partial charge in [-0.1, -0.05) is 38.3 Å². The van der Waals surface area contributed by atoms with Gasteiger partial charge in [-0.3, -0.25) is 0 Å². The van der Waals surface area contributed by atoms with E-state index in [1.54, 1.807) is 0 Å². The number of anilines is 1. The molecule has 0 radical (unpaired) electrons. The maximum Gasteiger partial charge on any atom is 0.129 e. The summed E-state index contributed by atoms with van der Waals surface area (Å²) < 4.78 is 0. The van der Waals surface area contributed by atoms with Crippen LogP contribution in [0, 0.1) is 11.8 Å². The molecule has 0 aliphatic heterocycles. The largest absolute Gasteiger partial charge is 0.381 e. The van der Waals surface area contributed by atoms with Crippen LogP contribution in [0.4, 0.5) is 5.69 Å². The lowest BCUT2D eigenvalue weighted by Gasteiger charge is -2.35. The van der Waals surface area contributed by atoms with E-state index in [0.29, 0.717) is 11.2 Å². The summed E-state index contributed by atoms with van der Waals surface area (Å²) in [4.78, 5) is 4.12. The molecule has 1 aliphatic carbocycles. The number of nitrogens with one attached hydrogen (secondary N) is 1. The average Bonchev–Trinajstić information content (AvgIpc) is 2.32. The summed E-state index contributed by atoms with van der Waals surface area (Å²) in [7, 11) is 0. The fourth-order valence-corrected chi connectivity index (χ4v) is 2.92. The standard InChI is InChI=1S/C14H21ClN2/c1-10(2)12-5-3-4-6-13(12)17-11-7-8-14(15)16-9-11/h7-10,12-13,17H,3-6H2,1-2H3. The second-order valence-corrected chi connectivity index (χ2v) is 5.70. The molecule has 0 saturated heterocycles. The van der Waals surface area contributed by atoms with Crippen molar-refractivity contribution in [2.24, 2.45) is 11.8 Å². The summed E-state index contributed by atoms with van der Waals surface area (Å²) in [6.45, 7) is 4.65. The molecule has 1 aromatic heterocycles. The molecule has 2 atom stereocenters. The molecule has 1 heterocycles. The summed E-state index contributed by atoms with van der Waals surface area (Å²) in [6, 6.07) is 4.45. The summed E-state index contributed by atoms with van der Waals surface area (Å²) >= 11 is 5.79. The lowest BCUT2D eigenvalue weighted by Crippen LogP contribution is -2.35. The Morgan fingerprint density at radius 2 is 2.06 bits per heavy atom. The van der Waals surface area contributed by atoms with Crippen molar-refractivity contribution < 1.29 is 0 Å². The Morgan fingerprint density at radius 1 is 1.29 bits per heavy atom. The monoisotopic (exact) mass is 252 g/mol. The van der Waals surface area contributed by atoms with Crippen molar-refractivity contribution in [1.82, 2.24) is 4.98 Å². The van der Waals surface area contributed by atoms with Crippen LogP contribution in [0.2, 0.25) is 5.15 Å². The van der Waals surface area contributed by atoms with Gasteiger partial charge in [0.1, 0.15) is 5.15 Å². The van der Waals surface area contributed by atoms with Crippen LogP contribution in [0.5, 0.6) is 0 Å². The van der Waals surface area contributed by atoms with Gasteiger partial charge in [-0.25, -0.2) is 4.98 Å². The van der Waals surface area contributed by atoms with E-state index >= 15 is 0 Å². The van der Waals surface area contributed by atoms with E-state index in [1.807, 2.05) is 18.3 Å². The number of hydrogen-bond acceptors (Lipinski definition) is 2. The fraction of sp³-hybridized carbons (Fsp3) is 0.643. The highest BCUT2D eigenvalue weighted by molar-refractivity contribution is 6.29. The predicted octanol–water partition coefficient (Wildman–Crippen LogP) is 4.36. The van der Waals surface area contributed by atoms with Crippen LogP contribution in [0.3, 0.4) is 0 Å². The number of rotatable bonds is 3. The zero-order valence-corrected chi connectivity index (χ0v) is 11.4. The molecule has 0 aromatic carbocycles. The molecular formula is C14H21ClN2. The first-order chi connectivity index (χ1) is 8.16. The van der Waals surface area contributed by atoms with Crippen LogP contribution in [0.25, 0.3) is 0 Å². The second-order valence-electron chi connectivity index (χ2n) is 5.31. The first-order valence-corrected chi connectivity index (χ1v) is 6.92. The molecular weight excluding hydrogens is 232 g/mol. The number of pyridine rings is 1. The lowest BCUT2D eigenvalue weighted by atomic mass is 9.78. The maximum absolute atomic E-state index is 5.79. The Balaban J connectivity index is 2.02.